The highest BCUT2D eigenvalue weighted by Crippen LogP contribution is 2.41. The molecule has 1 atom stereocenters. The molecule has 3 rings (SSSR count). The standard InChI is InChI=1S/C23H23ClFNO4/c1-4-5-10-23(3,22(29)30)20-13(2)26(18-12-17(25)19(27)11-16(18)20)21(28)14-6-8-15(24)9-7-14/h6-9,11-12,27H,4-5,10H2,1-3H3,(H,29,30)/t23-/m1/s1. The molecule has 0 saturated heterocycles. The lowest BCUT2D eigenvalue weighted by molar-refractivity contribution is -0.143. The summed E-state index contributed by atoms with van der Waals surface area (Å²) in [5.74, 6) is -2.96. The summed E-state index contributed by atoms with van der Waals surface area (Å²) >= 11 is 5.91. The molecule has 0 saturated carbocycles. The fourth-order valence-electron chi connectivity index (χ4n) is 3.97. The highest BCUT2D eigenvalue weighted by atomic mass is 35.5. The second-order valence-electron chi connectivity index (χ2n) is 7.67. The fraction of sp³-hybridized carbons (Fsp3) is 0.304. The molecule has 0 spiro atoms. The average Bonchev–Trinajstić information content (AvgIpc) is 2.97. The number of hydrogen-bond acceptors (Lipinski definition) is 3. The van der Waals surface area contributed by atoms with Crippen molar-refractivity contribution < 1.29 is 24.2 Å². The number of rotatable bonds is 6. The number of benzene rings is 2. The number of phenolic OH excluding ortho intramolecular Hbond substituents is 1. The number of carbonyl (C=O) groups excluding carboxylic acids is 1. The van der Waals surface area contributed by atoms with Crippen molar-refractivity contribution in [2.45, 2.75) is 45.4 Å². The van der Waals surface area contributed by atoms with E-state index < -0.39 is 28.9 Å². The Bertz CT molecular complexity index is 1140. The van der Waals surface area contributed by atoms with Crippen LogP contribution in [0.15, 0.2) is 36.4 Å². The van der Waals surface area contributed by atoms with Gasteiger partial charge in [-0.05, 0) is 56.2 Å². The van der Waals surface area contributed by atoms with Crippen molar-refractivity contribution in [2.24, 2.45) is 0 Å². The Morgan fingerprint density at radius 1 is 1.20 bits per heavy atom. The lowest BCUT2D eigenvalue weighted by atomic mass is 9.76. The minimum Gasteiger partial charge on any atom is -0.505 e. The molecule has 0 aliphatic heterocycles. The number of hydrogen-bond donors (Lipinski definition) is 2. The molecule has 2 aromatic carbocycles. The number of aliphatic carboxylic acids is 1. The van der Waals surface area contributed by atoms with Gasteiger partial charge in [0.25, 0.3) is 5.91 Å². The fourth-order valence-corrected chi connectivity index (χ4v) is 4.10. The van der Waals surface area contributed by atoms with E-state index in [0.717, 1.165) is 12.5 Å². The predicted molar refractivity (Wildman–Crippen MR) is 114 cm³/mol. The number of halogens is 2. The molecule has 0 unspecified atom stereocenters. The van der Waals surface area contributed by atoms with E-state index in [1.807, 2.05) is 6.92 Å². The van der Waals surface area contributed by atoms with Gasteiger partial charge in [-0.3, -0.25) is 14.2 Å². The number of nitrogens with zero attached hydrogens (tertiary/aromatic N) is 1. The van der Waals surface area contributed by atoms with Crippen LogP contribution in [0.3, 0.4) is 0 Å². The molecule has 0 amide bonds. The summed E-state index contributed by atoms with van der Waals surface area (Å²) in [6.07, 6.45) is 1.80. The van der Waals surface area contributed by atoms with Crippen molar-refractivity contribution in [3.05, 3.63) is 64.1 Å². The first-order valence-electron chi connectivity index (χ1n) is 9.69. The number of carboxylic acids is 1. The summed E-state index contributed by atoms with van der Waals surface area (Å²) in [6.45, 7) is 5.21. The molecule has 7 heteroatoms. The number of aromatic hydroxyl groups is 1. The van der Waals surface area contributed by atoms with Gasteiger partial charge in [0, 0.05) is 27.7 Å². The van der Waals surface area contributed by atoms with Crippen molar-refractivity contribution in [1.29, 1.82) is 0 Å². The molecule has 1 aromatic heterocycles. The van der Waals surface area contributed by atoms with Gasteiger partial charge in [0.05, 0.1) is 10.9 Å². The van der Waals surface area contributed by atoms with Crippen LogP contribution in [0.1, 0.15) is 54.7 Å². The number of fused-ring (bicyclic) bond motifs is 1. The van der Waals surface area contributed by atoms with E-state index in [0.29, 0.717) is 40.1 Å². The van der Waals surface area contributed by atoms with E-state index in [-0.39, 0.29) is 5.52 Å². The third-order valence-electron chi connectivity index (χ3n) is 5.62. The van der Waals surface area contributed by atoms with E-state index >= 15 is 0 Å². The van der Waals surface area contributed by atoms with Crippen molar-refractivity contribution in [3.63, 3.8) is 0 Å². The van der Waals surface area contributed by atoms with Crippen LogP contribution in [0.25, 0.3) is 10.9 Å². The molecule has 1 heterocycles. The van der Waals surface area contributed by atoms with E-state index in [2.05, 4.69) is 0 Å². The maximum Gasteiger partial charge on any atom is 0.313 e. The molecule has 0 bridgehead atoms. The maximum absolute atomic E-state index is 14.2. The van der Waals surface area contributed by atoms with E-state index in [1.165, 1.54) is 10.6 Å². The zero-order chi connectivity index (χ0) is 22.2. The predicted octanol–water partition coefficient (Wildman–Crippen LogP) is 5.67. The van der Waals surface area contributed by atoms with Crippen LogP contribution in [-0.4, -0.2) is 26.7 Å². The van der Waals surface area contributed by atoms with Gasteiger partial charge in [-0.1, -0.05) is 31.4 Å². The van der Waals surface area contributed by atoms with Crippen LogP contribution >= 0.6 is 11.6 Å². The van der Waals surface area contributed by atoms with Gasteiger partial charge in [0.2, 0.25) is 0 Å². The molecule has 0 aliphatic rings. The summed E-state index contributed by atoms with van der Waals surface area (Å²) in [4.78, 5) is 25.6. The summed E-state index contributed by atoms with van der Waals surface area (Å²) in [6, 6.07) is 8.53. The van der Waals surface area contributed by atoms with Crippen LogP contribution in [0, 0.1) is 12.7 Å². The quantitative estimate of drug-likeness (QED) is 0.527. The highest BCUT2D eigenvalue weighted by molar-refractivity contribution is 6.30. The summed E-state index contributed by atoms with van der Waals surface area (Å²) < 4.78 is 15.5. The molecule has 158 valence electrons. The van der Waals surface area contributed by atoms with Gasteiger partial charge >= 0.3 is 5.97 Å². The number of carboxylic acid groups (broad SMARTS) is 1. The molecule has 0 aliphatic carbocycles. The summed E-state index contributed by atoms with van der Waals surface area (Å²) in [5.41, 5.74) is 0.0208. The first-order valence-corrected chi connectivity index (χ1v) is 10.1. The van der Waals surface area contributed by atoms with Crippen molar-refractivity contribution in [2.75, 3.05) is 0 Å². The topological polar surface area (TPSA) is 79.5 Å². The molecular weight excluding hydrogens is 409 g/mol. The lowest BCUT2D eigenvalue weighted by Gasteiger charge is -2.26. The summed E-state index contributed by atoms with van der Waals surface area (Å²) in [5, 5.41) is 20.9. The van der Waals surface area contributed by atoms with Crippen LogP contribution in [0.2, 0.25) is 5.02 Å². The SMILES string of the molecule is CCCC[C@@](C)(C(=O)O)c1c(C)n(C(=O)c2ccc(Cl)cc2)c2cc(F)c(O)cc12. The zero-order valence-corrected chi connectivity index (χ0v) is 17.8. The normalized spacial score (nSPS) is 13.4. The summed E-state index contributed by atoms with van der Waals surface area (Å²) in [7, 11) is 0. The Hall–Kier alpha value is -2.86. The van der Waals surface area contributed by atoms with Gasteiger partial charge in [0.1, 0.15) is 0 Å². The molecule has 3 aromatic rings. The molecule has 0 radical (unpaired) electrons. The first-order chi connectivity index (χ1) is 14.1. The highest BCUT2D eigenvalue weighted by Gasteiger charge is 2.40. The minimum atomic E-state index is -1.31. The minimum absolute atomic E-state index is 0.210. The van der Waals surface area contributed by atoms with Crippen molar-refractivity contribution in [1.82, 2.24) is 4.57 Å². The van der Waals surface area contributed by atoms with E-state index in [1.54, 1.807) is 38.1 Å². The monoisotopic (exact) mass is 431 g/mol. The second-order valence-corrected chi connectivity index (χ2v) is 8.11. The smallest absolute Gasteiger partial charge is 0.313 e. The third kappa shape index (κ3) is 3.56. The Morgan fingerprint density at radius 2 is 1.83 bits per heavy atom. The molecule has 30 heavy (non-hydrogen) atoms. The number of carbonyl (C=O) groups is 2. The van der Waals surface area contributed by atoms with Gasteiger partial charge < -0.3 is 10.2 Å². The van der Waals surface area contributed by atoms with Crippen LogP contribution in [0.4, 0.5) is 4.39 Å². The van der Waals surface area contributed by atoms with Gasteiger partial charge in [0.15, 0.2) is 11.6 Å². The van der Waals surface area contributed by atoms with Crippen molar-refractivity contribution in [3.8, 4) is 5.75 Å². The van der Waals surface area contributed by atoms with Gasteiger partial charge in [-0.15, -0.1) is 0 Å². The molecule has 5 nitrogen and oxygen atoms in total. The number of phenols is 1. The maximum atomic E-state index is 14.2. The third-order valence-corrected chi connectivity index (χ3v) is 5.87. The van der Waals surface area contributed by atoms with Crippen LogP contribution in [0.5, 0.6) is 5.75 Å². The largest absolute Gasteiger partial charge is 0.505 e. The molecule has 2 N–H and O–H groups in total. The Morgan fingerprint density at radius 3 is 2.40 bits per heavy atom. The number of unbranched alkanes of at least 4 members (excludes halogenated alkanes) is 1. The van der Waals surface area contributed by atoms with E-state index in [4.69, 9.17) is 11.6 Å². The number of aromatic nitrogens is 1. The Labute approximate surface area is 178 Å². The van der Waals surface area contributed by atoms with Gasteiger partial charge in [-0.2, -0.15) is 0 Å². The molecular formula is C23H23ClFNO4. The van der Waals surface area contributed by atoms with Crippen LogP contribution < -0.4 is 0 Å². The zero-order valence-electron chi connectivity index (χ0n) is 17.0. The molecule has 0 fully saturated rings. The van der Waals surface area contributed by atoms with Crippen LogP contribution in [-0.2, 0) is 10.2 Å². The second kappa shape index (κ2) is 8.11. The first kappa shape index (κ1) is 21.8. The van der Waals surface area contributed by atoms with Crippen molar-refractivity contribution >= 4 is 34.4 Å². The van der Waals surface area contributed by atoms with E-state index in [9.17, 15) is 24.2 Å². The van der Waals surface area contributed by atoms with Gasteiger partial charge in [-0.25, -0.2) is 4.39 Å². The average molecular weight is 432 g/mol. The Balaban J connectivity index is 2.35. The lowest BCUT2D eigenvalue weighted by Crippen LogP contribution is -2.33. The Kier molecular flexibility index (Phi) is 5.90.